The smallest absolute Gasteiger partial charge is 0.267 e. The fourth-order valence-electron chi connectivity index (χ4n) is 3.06. The fraction of sp³-hybridized carbons (Fsp3) is 0.0870. The van der Waals surface area contributed by atoms with E-state index in [2.05, 4.69) is 17.1 Å². The van der Waals surface area contributed by atoms with Crippen LogP contribution >= 0.6 is 23.4 Å². The van der Waals surface area contributed by atoms with Crippen molar-refractivity contribution in [1.82, 2.24) is 14.8 Å². The highest BCUT2D eigenvalue weighted by Gasteiger charge is 2.14. The Labute approximate surface area is 178 Å². The summed E-state index contributed by atoms with van der Waals surface area (Å²) in [7, 11) is 0. The first kappa shape index (κ1) is 19.4. The number of halogens is 1. The van der Waals surface area contributed by atoms with Crippen molar-refractivity contribution in [3.63, 3.8) is 0 Å². The van der Waals surface area contributed by atoms with Crippen molar-refractivity contribution in [2.75, 3.05) is 6.26 Å². The maximum atomic E-state index is 12.8. The van der Waals surface area contributed by atoms with Crippen LogP contribution in [0.2, 0.25) is 5.02 Å². The third kappa shape index (κ3) is 4.42. The maximum absolute atomic E-state index is 12.8. The van der Waals surface area contributed by atoms with Gasteiger partial charge in [0.15, 0.2) is 0 Å². The summed E-state index contributed by atoms with van der Waals surface area (Å²) in [6.45, 7) is 0.316. The van der Waals surface area contributed by atoms with Crippen LogP contribution < -0.4 is 5.56 Å². The molecule has 144 valence electrons. The highest BCUT2D eigenvalue weighted by atomic mass is 35.5. The fourth-order valence-corrected chi connectivity index (χ4v) is 3.59. The van der Waals surface area contributed by atoms with Gasteiger partial charge in [-0.2, -0.15) is 5.10 Å². The van der Waals surface area contributed by atoms with Crippen molar-refractivity contribution in [2.45, 2.75) is 11.4 Å². The predicted octanol–water partition coefficient (Wildman–Crippen LogP) is 5.40. The Kier molecular flexibility index (Phi) is 5.79. The van der Waals surface area contributed by atoms with E-state index in [0.717, 1.165) is 28.1 Å². The number of pyridine rings is 1. The van der Waals surface area contributed by atoms with E-state index in [1.807, 2.05) is 60.9 Å². The molecule has 0 aliphatic heterocycles. The lowest BCUT2D eigenvalue weighted by Crippen LogP contribution is -2.24. The molecule has 0 unspecified atom stereocenters. The van der Waals surface area contributed by atoms with Crippen LogP contribution in [0.5, 0.6) is 0 Å². The number of rotatable bonds is 5. The van der Waals surface area contributed by atoms with E-state index in [1.54, 1.807) is 24.0 Å². The first-order valence-electron chi connectivity index (χ1n) is 9.06. The van der Waals surface area contributed by atoms with Gasteiger partial charge >= 0.3 is 0 Å². The van der Waals surface area contributed by atoms with Crippen molar-refractivity contribution >= 4 is 23.4 Å². The molecular formula is C23H18ClN3OS. The average molecular weight is 420 g/mol. The average Bonchev–Trinajstić information content (AvgIpc) is 2.76. The van der Waals surface area contributed by atoms with Crippen LogP contribution in [0, 0.1) is 0 Å². The molecule has 0 aliphatic carbocycles. The molecule has 0 atom stereocenters. The zero-order chi connectivity index (χ0) is 20.2. The Balaban J connectivity index is 1.86. The second-order valence-corrected chi connectivity index (χ2v) is 7.78. The van der Waals surface area contributed by atoms with Crippen molar-refractivity contribution in [2.24, 2.45) is 0 Å². The van der Waals surface area contributed by atoms with Gasteiger partial charge in [-0.3, -0.25) is 9.78 Å². The lowest BCUT2D eigenvalue weighted by molar-refractivity contribution is 0.632. The van der Waals surface area contributed by atoms with Crippen LogP contribution in [-0.4, -0.2) is 21.0 Å². The van der Waals surface area contributed by atoms with Gasteiger partial charge < -0.3 is 0 Å². The van der Waals surface area contributed by atoms with E-state index in [-0.39, 0.29) is 5.56 Å². The van der Waals surface area contributed by atoms with Crippen molar-refractivity contribution in [1.29, 1.82) is 0 Å². The van der Waals surface area contributed by atoms with Gasteiger partial charge in [0.25, 0.3) is 5.56 Å². The van der Waals surface area contributed by atoms with E-state index in [9.17, 15) is 4.79 Å². The summed E-state index contributed by atoms with van der Waals surface area (Å²) < 4.78 is 1.46. The van der Waals surface area contributed by atoms with Crippen LogP contribution in [-0.2, 0) is 6.54 Å². The molecule has 0 amide bonds. The number of thioether (sulfide) groups is 1. The van der Waals surface area contributed by atoms with Gasteiger partial charge in [0.05, 0.1) is 17.9 Å². The van der Waals surface area contributed by atoms with E-state index >= 15 is 0 Å². The molecule has 0 fully saturated rings. The van der Waals surface area contributed by atoms with Crippen molar-refractivity contribution in [3.8, 4) is 22.4 Å². The topological polar surface area (TPSA) is 47.8 Å². The van der Waals surface area contributed by atoms with Crippen molar-refractivity contribution < 1.29 is 0 Å². The minimum atomic E-state index is -0.176. The molecule has 29 heavy (non-hydrogen) atoms. The molecule has 0 N–H and O–H groups in total. The molecule has 6 heteroatoms. The molecule has 2 aromatic carbocycles. The molecule has 0 spiro atoms. The third-order valence-electron chi connectivity index (χ3n) is 4.55. The Morgan fingerprint density at radius 2 is 1.69 bits per heavy atom. The zero-order valence-electron chi connectivity index (χ0n) is 15.7. The first-order valence-corrected chi connectivity index (χ1v) is 10.7. The highest BCUT2D eigenvalue weighted by molar-refractivity contribution is 7.98. The number of benzene rings is 2. The largest absolute Gasteiger partial charge is 0.268 e. The molecule has 4 aromatic rings. The molecule has 4 nitrogen and oxygen atoms in total. The van der Waals surface area contributed by atoms with Gasteiger partial charge in [-0.15, -0.1) is 11.8 Å². The standard InChI is InChI=1S/C23H18ClN3OS/c1-29-20-11-7-17(8-12-20)23-21(16-5-9-18(24)10-6-16)14-22(28)27(26-23)15-19-4-2-3-13-25-19/h2-14H,15H2,1H3. The van der Waals surface area contributed by atoms with Gasteiger partial charge in [0, 0.05) is 33.3 Å². The Hall–Kier alpha value is -2.89. The minimum Gasteiger partial charge on any atom is -0.268 e. The van der Waals surface area contributed by atoms with Crippen molar-refractivity contribution in [3.05, 3.63) is 100 Å². The quantitative estimate of drug-likeness (QED) is 0.406. The number of hydrogen-bond donors (Lipinski definition) is 0. The second kappa shape index (κ2) is 8.64. The Bertz CT molecular complexity index is 1170. The van der Waals surface area contributed by atoms with E-state index in [0.29, 0.717) is 11.6 Å². The minimum absolute atomic E-state index is 0.176. The monoisotopic (exact) mass is 419 g/mol. The van der Waals surface area contributed by atoms with E-state index < -0.39 is 0 Å². The normalized spacial score (nSPS) is 10.8. The number of aromatic nitrogens is 3. The second-order valence-electron chi connectivity index (χ2n) is 6.46. The summed E-state index contributed by atoms with van der Waals surface area (Å²) >= 11 is 7.73. The summed E-state index contributed by atoms with van der Waals surface area (Å²) in [6.07, 6.45) is 3.75. The molecule has 0 bridgehead atoms. The van der Waals surface area contributed by atoms with Crippen LogP contribution in [0.1, 0.15) is 5.69 Å². The highest BCUT2D eigenvalue weighted by Crippen LogP contribution is 2.31. The molecule has 4 rings (SSSR count). The van der Waals surface area contributed by atoms with Crippen LogP contribution in [0.4, 0.5) is 0 Å². The summed E-state index contributed by atoms with van der Waals surface area (Å²) in [5, 5.41) is 5.37. The molecule has 0 aliphatic rings. The SMILES string of the molecule is CSc1ccc(-c2nn(Cc3ccccn3)c(=O)cc2-c2ccc(Cl)cc2)cc1. The Morgan fingerprint density at radius 3 is 2.34 bits per heavy atom. The summed E-state index contributed by atoms with van der Waals surface area (Å²) in [5.41, 5.74) is 3.97. The Morgan fingerprint density at radius 1 is 0.966 bits per heavy atom. The maximum Gasteiger partial charge on any atom is 0.267 e. The summed E-state index contributed by atoms with van der Waals surface area (Å²) in [4.78, 5) is 18.3. The van der Waals surface area contributed by atoms with Crippen LogP contribution in [0.3, 0.4) is 0 Å². The molecule has 2 aromatic heterocycles. The van der Waals surface area contributed by atoms with Gasteiger partial charge in [-0.05, 0) is 48.2 Å². The zero-order valence-corrected chi connectivity index (χ0v) is 17.3. The predicted molar refractivity (Wildman–Crippen MR) is 119 cm³/mol. The summed E-state index contributed by atoms with van der Waals surface area (Å²) in [5.74, 6) is 0. The van der Waals surface area contributed by atoms with Gasteiger partial charge in [0.2, 0.25) is 0 Å². The summed E-state index contributed by atoms with van der Waals surface area (Å²) in [6, 6.07) is 22.9. The molecule has 2 heterocycles. The van der Waals surface area contributed by atoms with Gasteiger partial charge in [-0.25, -0.2) is 4.68 Å². The third-order valence-corrected chi connectivity index (χ3v) is 5.55. The lowest BCUT2D eigenvalue weighted by atomic mass is 10.00. The van der Waals surface area contributed by atoms with E-state index in [4.69, 9.17) is 16.7 Å². The van der Waals surface area contributed by atoms with E-state index in [1.165, 1.54) is 9.58 Å². The number of hydrogen-bond acceptors (Lipinski definition) is 4. The van der Waals surface area contributed by atoms with Crippen LogP contribution in [0.25, 0.3) is 22.4 Å². The molecule has 0 radical (unpaired) electrons. The lowest BCUT2D eigenvalue weighted by Gasteiger charge is -2.13. The van der Waals surface area contributed by atoms with Gasteiger partial charge in [-0.1, -0.05) is 41.9 Å². The number of nitrogens with zero attached hydrogens (tertiary/aromatic N) is 3. The molecular weight excluding hydrogens is 402 g/mol. The first-order chi connectivity index (χ1) is 14.1. The molecule has 0 saturated heterocycles. The molecule has 0 saturated carbocycles. The van der Waals surface area contributed by atoms with Crippen LogP contribution in [0.15, 0.2) is 88.7 Å². The van der Waals surface area contributed by atoms with Gasteiger partial charge in [0.1, 0.15) is 0 Å².